The van der Waals surface area contributed by atoms with Crippen LogP contribution in [0.2, 0.25) is 0 Å². The first-order valence-corrected chi connectivity index (χ1v) is 7.05. The summed E-state index contributed by atoms with van der Waals surface area (Å²) >= 11 is 0. The quantitative estimate of drug-likeness (QED) is 0.799. The van der Waals surface area contributed by atoms with E-state index in [-0.39, 0.29) is 11.3 Å². The number of benzene rings is 1. The number of hydrogen-bond donors (Lipinski definition) is 0. The van der Waals surface area contributed by atoms with Crippen LogP contribution in [0.4, 0.5) is 0 Å². The zero-order valence-electron chi connectivity index (χ0n) is 11.3. The molecule has 3 nitrogen and oxygen atoms in total. The molecule has 1 aromatic carbocycles. The lowest BCUT2D eigenvalue weighted by Crippen LogP contribution is -2.24. The zero-order chi connectivity index (χ0) is 13.9. The predicted molar refractivity (Wildman–Crippen MR) is 78.1 cm³/mol. The van der Waals surface area contributed by atoms with Crippen molar-refractivity contribution in [3.8, 4) is 0 Å². The lowest BCUT2D eigenvalue weighted by Gasteiger charge is -2.11. The molecule has 1 aromatic heterocycles. The lowest BCUT2D eigenvalue weighted by molar-refractivity contribution is 0.0976. The van der Waals surface area contributed by atoms with Gasteiger partial charge in [-0.2, -0.15) is 0 Å². The SMILES string of the molecule is O=C(CCn1c2c(ccc1=O)CCC2)c1ccccc1. The van der Waals surface area contributed by atoms with Gasteiger partial charge in [0.15, 0.2) is 5.78 Å². The van der Waals surface area contributed by atoms with Gasteiger partial charge in [0.1, 0.15) is 0 Å². The van der Waals surface area contributed by atoms with E-state index in [0.717, 1.165) is 25.0 Å². The molecule has 1 aliphatic rings. The summed E-state index contributed by atoms with van der Waals surface area (Å²) in [6.45, 7) is 0.482. The standard InChI is InChI=1S/C17H17NO2/c19-16(14-5-2-1-3-6-14)11-12-18-15-8-4-7-13(15)9-10-17(18)20/h1-3,5-6,9-10H,4,7-8,11-12H2. The molecule has 3 rings (SSSR count). The van der Waals surface area contributed by atoms with Crippen LogP contribution in [0.1, 0.15) is 34.5 Å². The molecule has 0 saturated carbocycles. The Kier molecular flexibility index (Phi) is 3.50. The van der Waals surface area contributed by atoms with Crippen LogP contribution in [-0.2, 0) is 19.4 Å². The van der Waals surface area contributed by atoms with E-state index < -0.39 is 0 Å². The molecule has 0 unspecified atom stereocenters. The Balaban J connectivity index is 1.78. The van der Waals surface area contributed by atoms with Gasteiger partial charge in [0.2, 0.25) is 0 Å². The Labute approximate surface area is 117 Å². The Hall–Kier alpha value is -2.16. The van der Waals surface area contributed by atoms with E-state index in [2.05, 4.69) is 0 Å². The third-order valence-corrected chi connectivity index (χ3v) is 3.91. The molecule has 0 amide bonds. The molecule has 20 heavy (non-hydrogen) atoms. The van der Waals surface area contributed by atoms with Gasteiger partial charge in [0, 0.05) is 30.3 Å². The smallest absolute Gasteiger partial charge is 0.250 e. The van der Waals surface area contributed by atoms with Crippen molar-refractivity contribution in [2.45, 2.75) is 32.2 Å². The van der Waals surface area contributed by atoms with Gasteiger partial charge < -0.3 is 4.57 Å². The van der Waals surface area contributed by atoms with Gasteiger partial charge in [-0.25, -0.2) is 0 Å². The van der Waals surface area contributed by atoms with Crippen LogP contribution >= 0.6 is 0 Å². The Morgan fingerprint density at radius 2 is 1.85 bits per heavy atom. The summed E-state index contributed by atoms with van der Waals surface area (Å²) in [6.07, 6.45) is 3.47. The van der Waals surface area contributed by atoms with Crippen LogP contribution in [0.15, 0.2) is 47.3 Å². The van der Waals surface area contributed by atoms with Crippen molar-refractivity contribution in [1.29, 1.82) is 0 Å². The van der Waals surface area contributed by atoms with Gasteiger partial charge in [0.05, 0.1) is 0 Å². The number of fused-ring (bicyclic) bond motifs is 1. The van der Waals surface area contributed by atoms with E-state index in [1.165, 1.54) is 5.56 Å². The fraction of sp³-hybridized carbons (Fsp3) is 0.294. The summed E-state index contributed by atoms with van der Waals surface area (Å²) in [7, 11) is 0. The third-order valence-electron chi connectivity index (χ3n) is 3.91. The highest BCUT2D eigenvalue weighted by atomic mass is 16.1. The Bertz CT molecular complexity index is 686. The second-order valence-electron chi connectivity index (χ2n) is 5.19. The number of carbonyl (C=O) groups is 1. The highest BCUT2D eigenvalue weighted by Crippen LogP contribution is 2.20. The van der Waals surface area contributed by atoms with Gasteiger partial charge in [-0.1, -0.05) is 36.4 Å². The maximum atomic E-state index is 12.1. The number of aromatic nitrogens is 1. The first-order valence-electron chi connectivity index (χ1n) is 7.05. The Morgan fingerprint density at radius 3 is 2.65 bits per heavy atom. The fourth-order valence-electron chi connectivity index (χ4n) is 2.86. The maximum Gasteiger partial charge on any atom is 0.250 e. The number of carbonyl (C=O) groups excluding carboxylic acids is 1. The highest BCUT2D eigenvalue weighted by Gasteiger charge is 2.16. The van der Waals surface area contributed by atoms with Gasteiger partial charge in [-0.05, 0) is 24.8 Å². The van der Waals surface area contributed by atoms with Gasteiger partial charge in [0.25, 0.3) is 5.56 Å². The van der Waals surface area contributed by atoms with Crippen LogP contribution < -0.4 is 5.56 Å². The van der Waals surface area contributed by atoms with Crippen molar-refractivity contribution in [2.75, 3.05) is 0 Å². The normalized spacial score (nSPS) is 13.2. The van der Waals surface area contributed by atoms with Crippen LogP contribution in [0.3, 0.4) is 0 Å². The number of nitrogens with zero attached hydrogens (tertiary/aromatic N) is 1. The van der Waals surface area contributed by atoms with Gasteiger partial charge >= 0.3 is 0 Å². The van der Waals surface area contributed by atoms with E-state index in [1.807, 2.05) is 36.4 Å². The van der Waals surface area contributed by atoms with Gasteiger partial charge in [-0.3, -0.25) is 9.59 Å². The second kappa shape index (κ2) is 5.45. The molecule has 0 saturated heterocycles. The molecular weight excluding hydrogens is 250 g/mol. The van der Waals surface area contributed by atoms with E-state index in [1.54, 1.807) is 10.6 Å². The second-order valence-corrected chi connectivity index (χ2v) is 5.19. The zero-order valence-corrected chi connectivity index (χ0v) is 11.3. The summed E-state index contributed by atoms with van der Waals surface area (Å²) in [5.74, 6) is 0.0908. The summed E-state index contributed by atoms with van der Waals surface area (Å²) in [6, 6.07) is 12.8. The average molecular weight is 267 g/mol. The number of hydrogen-bond acceptors (Lipinski definition) is 2. The molecule has 2 aromatic rings. The predicted octanol–water partition coefficient (Wildman–Crippen LogP) is 2.61. The molecule has 0 bridgehead atoms. The maximum absolute atomic E-state index is 12.1. The first kappa shape index (κ1) is 12.9. The monoisotopic (exact) mass is 267 g/mol. The van der Waals surface area contributed by atoms with E-state index in [0.29, 0.717) is 18.5 Å². The molecule has 102 valence electrons. The van der Waals surface area contributed by atoms with E-state index in [4.69, 9.17) is 0 Å². The third kappa shape index (κ3) is 2.44. The van der Waals surface area contributed by atoms with Crippen LogP contribution in [0.25, 0.3) is 0 Å². The number of pyridine rings is 1. The summed E-state index contributed by atoms with van der Waals surface area (Å²) in [5.41, 5.74) is 3.11. The van der Waals surface area contributed by atoms with Crippen molar-refractivity contribution in [2.24, 2.45) is 0 Å². The molecule has 0 radical (unpaired) electrons. The molecule has 0 fully saturated rings. The average Bonchev–Trinajstić information content (AvgIpc) is 2.95. The molecule has 0 N–H and O–H groups in total. The molecule has 3 heteroatoms. The summed E-state index contributed by atoms with van der Waals surface area (Å²) in [4.78, 5) is 24.1. The highest BCUT2D eigenvalue weighted by molar-refractivity contribution is 5.95. The molecular formula is C17H17NO2. The van der Waals surface area contributed by atoms with Crippen molar-refractivity contribution in [1.82, 2.24) is 4.57 Å². The van der Waals surface area contributed by atoms with Crippen LogP contribution in [-0.4, -0.2) is 10.4 Å². The van der Waals surface area contributed by atoms with Crippen LogP contribution in [0, 0.1) is 0 Å². The number of Topliss-reactive ketones (excluding diaryl/α,β-unsaturated/α-hetero) is 1. The minimum atomic E-state index is 0.00603. The summed E-state index contributed by atoms with van der Waals surface area (Å²) < 4.78 is 1.78. The minimum absolute atomic E-state index is 0.00603. The van der Waals surface area contributed by atoms with Crippen molar-refractivity contribution < 1.29 is 4.79 Å². The Morgan fingerprint density at radius 1 is 1.05 bits per heavy atom. The van der Waals surface area contributed by atoms with Crippen LogP contribution in [0.5, 0.6) is 0 Å². The molecule has 1 heterocycles. The van der Waals surface area contributed by atoms with E-state index >= 15 is 0 Å². The number of aryl methyl sites for hydroxylation is 1. The van der Waals surface area contributed by atoms with Crippen molar-refractivity contribution >= 4 is 5.78 Å². The van der Waals surface area contributed by atoms with Crippen molar-refractivity contribution in [3.63, 3.8) is 0 Å². The lowest BCUT2D eigenvalue weighted by atomic mass is 10.1. The van der Waals surface area contributed by atoms with Crippen molar-refractivity contribution in [3.05, 3.63) is 69.6 Å². The molecule has 0 atom stereocenters. The topological polar surface area (TPSA) is 39.1 Å². The largest absolute Gasteiger partial charge is 0.312 e. The fourth-order valence-corrected chi connectivity index (χ4v) is 2.86. The molecule has 0 aliphatic heterocycles. The number of rotatable bonds is 4. The molecule has 1 aliphatic carbocycles. The first-order chi connectivity index (χ1) is 9.75. The minimum Gasteiger partial charge on any atom is -0.312 e. The summed E-state index contributed by atoms with van der Waals surface area (Å²) in [5, 5.41) is 0. The van der Waals surface area contributed by atoms with Gasteiger partial charge in [-0.15, -0.1) is 0 Å². The van der Waals surface area contributed by atoms with E-state index in [9.17, 15) is 9.59 Å². The number of ketones is 1. The molecule has 0 spiro atoms.